The van der Waals surface area contributed by atoms with Gasteiger partial charge in [-0.3, -0.25) is 0 Å². The third-order valence-corrected chi connectivity index (χ3v) is 2.51. The summed E-state index contributed by atoms with van der Waals surface area (Å²) in [6.45, 7) is 5.62. The van der Waals surface area contributed by atoms with Gasteiger partial charge in [-0.25, -0.2) is 4.79 Å². The molecule has 0 aromatic heterocycles. The highest BCUT2D eigenvalue weighted by molar-refractivity contribution is 5.68. The Labute approximate surface area is 124 Å². The van der Waals surface area contributed by atoms with E-state index in [1.165, 1.54) is 14.2 Å². The van der Waals surface area contributed by atoms with Crippen molar-refractivity contribution in [1.82, 2.24) is 5.32 Å². The maximum Gasteiger partial charge on any atom is 0.407 e. The number of hydrogen-bond acceptors (Lipinski definition) is 5. The van der Waals surface area contributed by atoms with Crippen molar-refractivity contribution in [2.24, 2.45) is 0 Å². The molecule has 21 heavy (non-hydrogen) atoms. The first-order valence-electron chi connectivity index (χ1n) is 6.42. The summed E-state index contributed by atoms with van der Waals surface area (Å²) >= 11 is 0. The van der Waals surface area contributed by atoms with Crippen LogP contribution in [0.15, 0.2) is 12.1 Å². The molecule has 0 aliphatic heterocycles. The zero-order valence-electron chi connectivity index (χ0n) is 12.9. The lowest BCUT2D eigenvalue weighted by molar-refractivity contribution is 0.0523. The maximum absolute atomic E-state index is 11.6. The van der Waals surface area contributed by atoms with E-state index in [0.29, 0.717) is 17.1 Å². The zero-order valence-corrected chi connectivity index (χ0v) is 12.9. The fourth-order valence-corrected chi connectivity index (χ4v) is 1.67. The van der Waals surface area contributed by atoms with E-state index in [-0.39, 0.29) is 6.54 Å². The van der Waals surface area contributed by atoms with Gasteiger partial charge in [0.05, 0.1) is 14.2 Å². The van der Waals surface area contributed by atoms with Crippen LogP contribution in [0.4, 0.5) is 4.79 Å². The van der Waals surface area contributed by atoms with Gasteiger partial charge in [0.15, 0.2) is 0 Å². The molecule has 1 N–H and O–H groups in total. The molecule has 0 saturated heterocycles. The SMILES string of the molecule is COc1cc(CNC(=O)OC(C)(C)C)cc(OC)c1C#N. The molecule has 1 rings (SSSR count). The minimum atomic E-state index is -0.551. The minimum absolute atomic E-state index is 0.243. The van der Waals surface area contributed by atoms with Gasteiger partial charge < -0.3 is 19.5 Å². The van der Waals surface area contributed by atoms with Crippen LogP contribution in [0.2, 0.25) is 0 Å². The number of carbonyl (C=O) groups excluding carboxylic acids is 1. The van der Waals surface area contributed by atoms with Crippen LogP contribution < -0.4 is 14.8 Å². The molecule has 1 aromatic carbocycles. The molecule has 1 amide bonds. The summed E-state index contributed by atoms with van der Waals surface area (Å²) in [6, 6.07) is 5.39. The van der Waals surface area contributed by atoms with Crippen LogP contribution in [-0.4, -0.2) is 25.9 Å². The smallest absolute Gasteiger partial charge is 0.407 e. The predicted molar refractivity (Wildman–Crippen MR) is 77.3 cm³/mol. The van der Waals surface area contributed by atoms with E-state index in [4.69, 9.17) is 19.5 Å². The molecule has 0 saturated carbocycles. The highest BCUT2D eigenvalue weighted by atomic mass is 16.6. The van der Waals surface area contributed by atoms with Crippen molar-refractivity contribution < 1.29 is 19.0 Å². The van der Waals surface area contributed by atoms with E-state index in [9.17, 15) is 4.79 Å². The van der Waals surface area contributed by atoms with Crippen LogP contribution in [0, 0.1) is 11.3 Å². The standard InChI is InChI=1S/C15H20N2O4/c1-15(2,3)21-14(18)17-9-10-6-12(19-4)11(8-16)13(7-10)20-5/h6-7H,9H2,1-5H3,(H,17,18). The number of carbonyl (C=O) groups is 1. The molecule has 0 aliphatic rings. The van der Waals surface area contributed by atoms with Crippen molar-refractivity contribution in [3.8, 4) is 17.6 Å². The van der Waals surface area contributed by atoms with Crippen LogP contribution >= 0.6 is 0 Å². The van der Waals surface area contributed by atoms with Gasteiger partial charge in [-0.05, 0) is 38.5 Å². The number of benzene rings is 1. The zero-order chi connectivity index (χ0) is 16.0. The van der Waals surface area contributed by atoms with Crippen LogP contribution in [0.25, 0.3) is 0 Å². The van der Waals surface area contributed by atoms with E-state index in [1.807, 2.05) is 6.07 Å². The first-order valence-corrected chi connectivity index (χ1v) is 6.42. The highest BCUT2D eigenvalue weighted by Gasteiger charge is 2.17. The third kappa shape index (κ3) is 4.88. The fourth-order valence-electron chi connectivity index (χ4n) is 1.67. The summed E-state index contributed by atoms with van der Waals surface area (Å²) in [5.41, 5.74) is 0.513. The second-order valence-corrected chi connectivity index (χ2v) is 5.34. The number of nitriles is 1. The van der Waals surface area contributed by atoms with E-state index in [2.05, 4.69) is 5.32 Å². The molecule has 1 aromatic rings. The number of rotatable bonds is 4. The monoisotopic (exact) mass is 292 g/mol. The molecule has 6 nitrogen and oxygen atoms in total. The van der Waals surface area contributed by atoms with Crippen LogP contribution in [-0.2, 0) is 11.3 Å². The van der Waals surface area contributed by atoms with Gasteiger partial charge in [-0.15, -0.1) is 0 Å². The summed E-state index contributed by atoms with van der Waals surface area (Å²) in [7, 11) is 2.95. The minimum Gasteiger partial charge on any atom is -0.495 e. The Morgan fingerprint density at radius 2 is 1.76 bits per heavy atom. The summed E-state index contributed by atoms with van der Waals surface area (Å²) in [5, 5.41) is 11.7. The normalized spacial score (nSPS) is 10.5. The van der Waals surface area contributed by atoms with Crippen LogP contribution in [0.3, 0.4) is 0 Å². The molecular weight excluding hydrogens is 272 g/mol. The van der Waals surface area contributed by atoms with Gasteiger partial charge in [0.25, 0.3) is 0 Å². The predicted octanol–water partition coefficient (Wildman–Crippen LogP) is 2.60. The van der Waals surface area contributed by atoms with Crippen molar-refractivity contribution in [3.63, 3.8) is 0 Å². The lowest BCUT2D eigenvalue weighted by Crippen LogP contribution is -2.32. The topological polar surface area (TPSA) is 80.6 Å². The van der Waals surface area contributed by atoms with Gasteiger partial charge in [0, 0.05) is 6.54 Å². The molecule has 0 fully saturated rings. The van der Waals surface area contributed by atoms with Crippen molar-refractivity contribution >= 4 is 6.09 Å². The van der Waals surface area contributed by atoms with E-state index in [0.717, 1.165) is 5.56 Å². The van der Waals surface area contributed by atoms with Crippen LogP contribution in [0.5, 0.6) is 11.5 Å². The van der Waals surface area contributed by atoms with Crippen molar-refractivity contribution in [2.75, 3.05) is 14.2 Å². The Morgan fingerprint density at radius 3 is 2.14 bits per heavy atom. The molecular formula is C15H20N2O4. The number of amides is 1. The second kappa shape index (κ2) is 6.84. The first-order chi connectivity index (χ1) is 9.80. The average molecular weight is 292 g/mol. The lowest BCUT2D eigenvalue weighted by atomic mass is 10.1. The summed E-state index contributed by atoms with van der Waals surface area (Å²) < 4.78 is 15.5. The lowest BCUT2D eigenvalue weighted by Gasteiger charge is -2.20. The molecule has 0 atom stereocenters. The number of nitrogens with one attached hydrogen (secondary N) is 1. The van der Waals surface area contributed by atoms with Gasteiger partial charge in [0.1, 0.15) is 28.7 Å². The molecule has 0 unspecified atom stereocenters. The van der Waals surface area contributed by atoms with Gasteiger partial charge in [-0.1, -0.05) is 0 Å². The van der Waals surface area contributed by atoms with E-state index >= 15 is 0 Å². The Morgan fingerprint density at radius 1 is 1.24 bits per heavy atom. The molecule has 0 aliphatic carbocycles. The number of nitrogens with zero attached hydrogens (tertiary/aromatic N) is 1. The summed E-state index contributed by atoms with van der Waals surface area (Å²) in [4.78, 5) is 11.6. The second-order valence-electron chi connectivity index (χ2n) is 5.34. The number of methoxy groups -OCH3 is 2. The number of alkyl carbamates (subject to hydrolysis) is 1. The molecule has 0 heterocycles. The number of hydrogen-bond donors (Lipinski definition) is 1. The Hall–Kier alpha value is -2.42. The average Bonchev–Trinajstić information content (AvgIpc) is 2.41. The van der Waals surface area contributed by atoms with Crippen molar-refractivity contribution in [1.29, 1.82) is 5.26 Å². The Kier molecular flexibility index (Phi) is 5.42. The third-order valence-electron chi connectivity index (χ3n) is 2.51. The summed E-state index contributed by atoms with van der Waals surface area (Å²) in [6.07, 6.45) is -0.509. The largest absolute Gasteiger partial charge is 0.495 e. The fraction of sp³-hybridized carbons (Fsp3) is 0.467. The number of ether oxygens (including phenoxy) is 3. The van der Waals surface area contributed by atoms with Gasteiger partial charge in [-0.2, -0.15) is 5.26 Å². The Balaban J connectivity index is 2.86. The van der Waals surface area contributed by atoms with Gasteiger partial charge >= 0.3 is 6.09 Å². The van der Waals surface area contributed by atoms with Crippen molar-refractivity contribution in [3.05, 3.63) is 23.3 Å². The van der Waals surface area contributed by atoms with Crippen molar-refractivity contribution in [2.45, 2.75) is 32.9 Å². The van der Waals surface area contributed by atoms with Gasteiger partial charge in [0.2, 0.25) is 0 Å². The molecule has 6 heteroatoms. The maximum atomic E-state index is 11.6. The van der Waals surface area contributed by atoms with Crippen LogP contribution in [0.1, 0.15) is 31.9 Å². The van der Waals surface area contributed by atoms with E-state index < -0.39 is 11.7 Å². The Bertz CT molecular complexity index is 531. The molecule has 114 valence electrons. The molecule has 0 spiro atoms. The quantitative estimate of drug-likeness (QED) is 0.922. The molecule has 0 radical (unpaired) electrons. The summed E-state index contributed by atoms with van der Waals surface area (Å²) in [5.74, 6) is 0.802. The highest BCUT2D eigenvalue weighted by Crippen LogP contribution is 2.29. The van der Waals surface area contributed by atoms with E-state index in [1.54, 1.807) is 32.9 Å². The first kappa shape index (κ1) is 16.6. The molecule has 0 bridgehead atoms.